The first-order chi connectivity index (χ1) is 14.2. The van der Waals surface area contributed by atoms with Crippen LogP contribution in [-0.4, -0.2) is 32.8 Å². The predicted octanol–water partition coefficient (Wildman–Crippen LogP) is 3.23. The summed E-state index contributed by atoms with van der Waals surface area (Å²) in [4.78, 5) is 24.9. The standard InChI is InChI=1S/C20H18BrFN2O5S/c1-2-29-19(25)17-16(11-30(27,28)15-8-6-14(22)7-9-15)23-20(26)24-18(17)12-4-3-5-13(21)10-12/h3-10,18H,2,11H2,1H3,(H2,23,24,26). The SMILES string of the molecule is CCOC(=O)C1=C(CS(=O)(=O)c2ccc(F)cc2)NC(=O)NC1c1cccc(Br)c1. The number of halogens is 2. The Bertz CT molecular complexity index is 1120. The fourth-order valence-electron chi connectivity index (χ4n) is 3.03. The Morgan fingerprint density at radius 2 is 1.90 bits per heavy atom. The molecule has 0 spiro atoms. The Morgan fingerprint density at radius 1 is 1.20 bits per heavy atom. The molecule has 0 bridgehead atoms. The van der Waals surface area contributed by atoms with Gasteiger partial charge in [0.2, 0.25) is 0 Å². The van der Waals surface area contributed by atoms with Gasteiger partial charge in [-0.2, -0.15) is 0 Å². The quantitative estimate of drug-likeness (QED) is 0.472. The number of esters is 1. The molecule has 2 aromatic rings. The van der Waals surface area contributed by atoms with Crippen molar-refractivity contribution in [2.75, 3.05) is 12.4 Å². The van der Waals surface area contributed by atoms with Gasteiger partial charge in [-0.25, -0.2) is 22.4 Å². The van der Waals surface area contributed by atoms with Gasteiger partial charge in [-0.3, -0.25) is 0 Å². The number of rotatable bonds is 6. The van der Waals surface area contributed by atoms with E-state index < -0.39 is 39.4 Å². The minimum Gasteiger partial charge on any atom is -0.463 e. The number of ether oxygens (including phenoxy) is 1. The molecule has 1 unspecified atom stereocenters. The van der Waals surface area contributed by atoms with Gasteiger partial charge in [-0.05, 0) is 48.9 Å². The van der Waals surface area contributed by atoms with Gasteiger partial charge in [-0.1, -0.05) is 28.1 Å². The summed E-state index contributed by atoms with van der Waals surface area (Å²) in [5.74, 6) is -1.99. The molecule has 0 aromatic heterocycles. The van der Waals surface area contributed by atoms with Crippen LogP contribution in [0.5, 0.6) is 0 Å². The molecule has 0 saturated carbocycles. The molecule has 3 rings (SSSR count). The molecule has 0 saturated heterocycles. The number of hydrogen-bond donors (Lipinski definition) is 2. The first kappa shape index (κ1) is 22.0. The summed E-state index contributed by atoms with van der Waals surface area (Å²) in [7, 11) is -3.98. The van der Waals surface area contributed by atoms with Crippen LogP contribution in [0.1, 0.15) is 18.5 Å². The van der Waals surface area contributed by atoms with Crippen LogP contribution in [0, 0.1) is 5.82 Å². The van der Waals surface area contributed by atoms with Crippen molar-refractivity contribution in [2.45, 2.75) is 17.9 Å². The molecule has 1 aliphatic rings. The van der Waals surface area contributed by atoms with Crippen molar-refractivity contribution in [1.82, 2.24) is 10.6 Å². The van der Waals surface area contributed by atoms with Crippen molar-refractivity contribution >= 4 is 37.8 Å². The van der Waals surface area contributed by atoms with Crippen LogP contribution in [0.25, 0.3) is 0 Å². The van der Waals surface area contributed by atoms with Crippen LogP contribution < -0.4 is 10.6 Å². The second-order valence-electron chi connectivity index (χ2n) is 6.41. The maximum atomic E-state index is 13.2. The molecule has 1 atom stereocenters. The van der Waals surface area contributed by atoms with Crippen molar-refractivity contribution < 1.29 is 27.1 Å². The number of hydrogen-bond acceptors (Lipinski definition) is 5. The number of nitrogens with one attached hydrogen (secondary N) is 2. The van der Waals surface area contributed by atoms with Crippen molar-refractivity contribution in [3.63, 3.8) is 0 Å². The third-order valence-corrected chi connectivity index (χ3v) is 6.49. The molecule has 7 nitrogen and oxygen atoms in total. The van der Waals surface area contributed by atoms with Gasteiger partial charge in [0.25, 0.3) is 0 Å². The van der Waals surface area contributed by atoms with E-state index in [1.807, 2.05) is 0 Å². The highest BCUT2D eigenvalue weighted by atomic mass is 79.9. The lowest BCUT2D eigenvalue weighted by Gasteiger charge is -2.29. The highest BCUT2D eigenvalue weighted by molar-refractivity contribution is 9.10. The smallest absolute Gasteiger partial charge is 0.338 e. The summed E-state index contributed by atoms with van der Waals surface area (Å²) in [6.07, 6.45) is 0. The van der Waals surface area contributed by atoms with Crippen molar-refractivity contribution in [1.29, 1.82) is 0 Å². The Morgan fingerprint density at radius 3 is 2.53 bits per heavy atom. The second kappa shape index (κ2) is 8.97. The molecule has 0 fully saturated rings. The lowest BCUT2D eigenvalue weighted by molar-refractivity contribution is -0.139. The van der Waals surface area contributed by atoms with Gasteiger partial charge in [0.15, 0.2) is 9.84 Å². The van der Waals surface area contributed by atoms with E-state index in [9.17, 15) is 22.4 Å². The van der Waals surface area contributed by atoms with E-state index in [1.54, 1.807) is 31.2 Å². The first-order valence-corrected chi connectivity index (χ1v) is 11.4. The van der Waals surface area contributed by atoms with Gasteiger partial charge in [-0.15, -0.1) is 0 Å². The van der Waals surface area contributed by atoms with E-state index in [4.69, 9.17) is 4.74 Å². The Hall–Kier alpha value is -2.72. The molecular weight excluding hydrogens is 479 g/mol. The fraction of sp³-hybridized carbons (Fsp3) is 0.200. The summed E-state index contributed by atoms with van der Waals surface area (Å²) in [6.45, 7) is 1.69. The zero-order chi connectivity index (χ0) is 21.9. The van der Waals surface area contributed by atoms with E-state index in [-0.39, 0.29) is 22.8 Å². The summed E-state index contributed by atoms with van der Waals surface area (Å²) < 4.78 is 44.7. The number of urea groups is 1. The van der Waals surface area contributed by atoms with Crippen LogP contribution in [0.3, 0.4) is 0 Å². The number of carbonyl (C=O) groups excluding carboxylic acids is 2. The summed E-state index contributed by atoms with van der Waals surface area (Å²) in [5.41, 5.74) is 0.464. The Labute approximate surface area is 181 Å². The van der Waals surface area contributed by atoms with Crippen LogP contribution in [0.15, 0.2) is 69.2 Å². The maximum Gasteiger partial charge on any atom is 0.338 e. The normalized spacial score (nSPS) is 16.6. The zero-order valence-electron chi connectivity index (χ0n) is 15.8. The van der Waals surface area contributed by atoms with E-state index >= 15 is 0 Å². The minimum atomic E-state index is -3.98. The molecule has 0 radical (unpaired) electrons. The lowest BCUT2D eigenvalue weighted by atomic mass is 9.95. The van der Waals surface area contributed by atoms with Gasteiger partial charge < -0.3 is 15.4 Å². The highest BCUT2D eigenvalue weighted by Crippen LogP contribution is 2.30. The molecule has 2 N–H and O–H groups in total. The average Bonchev–Trinajstić information content (AvgIpc) is 2.67. The van der Waals surface area contributed by atoms with Crippen LogP contribution >= 0.6 is 15.9 Å². The molecule has 2 amide bonds. The number of benzene rings is 2. The van der Waals surface area contributed by atoms with Crippen molar-refractivity contribution in [2.24, 2.45) is 0 Å². The zero-order valence-corrected chi connectivity index (χ0v) is 18.2. The number of carbonyl (C=O) groups is 2. The van der Waals surface area contributed by atoms with Gasteiger partial charge in [0.05, 0.1) is 28.9 Å². The van der Waals surface area contributed by atoms with Gasteiger partial charge >= 0.3 is 12.0 Å². The van der Waals surface area contributed by atoms with E-state index in [0.717, 1.165) is 28.7 Å². The van der Waals surface area contributed by atoms with E-state index in [1.165, 1.54) is 0 Å². The fourth-order valence-corrected chi connectivity index (χ4v) is 4.78. The summed E-state index contributed by atoms with van der Waals surface area (Å²) in [5, 5.41) is 5.06. The molecule has 2 aromatic carbocycles. The molecular formula is C20H18BrFN2O5S. The van der Waals surface area contributed by atoms with Crippen molar-refractivity contribution in [3.05, 3.63) is 75.7 Å². The van der Waals surface area contributed by atoms with E-state index in [2.05, 4.69) is 26.6 Å². The highest BCUT2D eigenvalue weighted by Gasteiger charge is 2.35. The van der Waals surface area contributed by atoms with Gasteiger partial charge in [0.1, 0.15) is 5.82 Å². The van der Waals surface area contributed by atoms with Crippen LogP contribution in [-0.2, 0) is 19.4 Å². The molecule has 10 heteroatoms. The Kier molecular flexibility index (Phi) is 6.57. The molecule has 0 aliphatic carbocycles. The largest absolute Gasteiger partial charge is 0.463 e. The molecule has 1 aliphatic heterocycles. The van der Waals surface area contributed by atoms with Crippen LogP contribution in [0.2, 0.25) is 0 Å². The second-order valence-corrected chi connectivity index (χ2v) is 9.32. The third kappa shape index (κ3) is 4.88. The topological polar surface area (TPSA) is 102 Å². The van der Waals surface area contributed by atoms with Gasteiger partial charge in [0, 0.05) is 10.2 Å². The summed E-state index contributed by atoms with van der Waals surface area (Å²) >= 11 is 3.34. The van der Waals surface area contributed by atoms with Crippen LogP contribution in [0.4, 0.5) is 9.18 Å². The predicted molar refractivity (Wildman–Crippen MR) is 111 cm³/mol. The first-order valence-electron chi connectivity index (χ1n) is 8.92. The molecule has 158 valence electrons. The number of amides is 2. The van der Waals surface area contributed by atoms with E-state index in [0.29, 0.717) is 5.56 Å². The average molecular weight is 497 g/mol. The number of sulfone groups is 1. The van der Waals surface area contributed by atoms with Crippen molar-refractivity contribution in [3.8, 4) is 0 Å². The maximum absolute atomic E-state index is 13.2. The minimum absolute atomic E-state index is 0.0137. The lowest BCUT2D eigenvalue weighted by Crippen LogP contribution is -2.47. The molecule has 1 heterocycles. The summed E-state index contributed by atoms with van der Waals surface area (Å²) in [6, 6.07) is 9.66. The third-order valence-electron chi connectivity index (χ3n) is 4.34. The molecule has 30 heavy (non-hydrogen) atoms. The monoisotopic (exact) mass is 496 g/mol. The Balaban J connectivity index is 2.10.